The van der Waals surface area contributed by atoms with Crippen LogP contribution >= 0.6 is 0 Å². The van der Waals surface area contributed by atoms with Crippen molar-refractivity contribution in [2.24, 2.45) is 5.92 Å². The third-order valence-electron chi connectivity index (χ3n) is 3.18. The Morgan fingerprint density at radius 3 is 2.25 bits per heavy atom. The predicted octanol–water partition coefficient (Wildman–Crippen LogP) is 2.51. The molecule has 1 amide bonds. The molecule has 4 nitrogen and oxygen atoms in total. The Morgan fingerprint density at radius 2 is 1.75 bits per heavy atom. The molecule has 0 aliphatic rings. The van der Waals surface area contributed by atoms with E-state index in [9.17, 15) is 4.79 Å². The molecule has 1 rings (SSSR count). The van der Waals surface area contributed by atoms with E-state index in [4.69, 9.17) is 4.74 Å². The number of benzene rings is 1. The molecular formula is C16H26N2O2. The molecule has 1 aromatic rings. The van der Waals surface area contributed by atoms with Crippen molar-refractivity contribution in [3.8, 4) is 5.75 Å². The van der Waals surface area contributed by atoms with Gasteiger partial charge in [-0.25, -0.2) is 0 Å². The molecule has 0 fully saturated rings. The van der Waals surface area contributed by atoms with Crippen molar-refractivity contribution >= 4 is 5.91 Å². The Balaban J connectivity index is 2.53. The lowest BCUT2D eigenvalue weighted by Gasteiger charge is -2.16. The molecule has 0 radical (unpaired) electrons. The van der Waals surface area contributed by atoms with Crippen molar-refractivity contribution in [1.29, 1.82) is 0 Å². The maximum atomic E-state index is 11.8. The number of hydrogen-bond donors (Lipinski definition) is 2. The molecule has 2 atom stereocenters. The zero-order valence-electron chi connectivity index (χ0n) is 13.1. The molecule has 2 unspecified atom stereocenters. The second-order valence-corrected chi connectivity index (χ2v) is 5.48. The van der Waals surface area contributed by atoms with Crippen LogP contribution in [0.25, 0.3) is 0 Å². The number of nitrogens with one attached hydrogen (secondary N) is 2. The molecule has 0 saturated heterocycles. The molecule has 0 bridgehead atoms. The van der Waals surface area contributed by atoms with Crippen LogP contribution in [0.2, 0.25) is 0 Å². The Kier molecular flexibility index (Phi) is 6.52. The monoisotopic (exact) mass is 278 g/mol. The fourth-order valence-electron chi connectivity index (χ4n) is 1.71. The summed E-state index contributed by atoms with van der Waals surface area (Å²) in [5.74, 6) is 1.07. The van der Waals surface area contributed by atoms with E-state index in [2.05, 4.69) is 31.4 Å². The molecule has 1 aromatic carbocycles. The second kappa shape index (κ2) is 7.90. The molecule has 2 N–H and O–H groups in total. The van der Waals surface area contributed by atoms with Crippen LogP contribution in [0.4, 0.5) is 0 Å². The Hall–Kier alpha value is -1.55. The Bertz CT molecular complexity index is 415. The van der Waals surface area contributed by atoms with Gasteiger partial charge in [-0.3, -0.25) is 4.79 Å². The first-order valence-electron chi connectivity index (χ1n) is 7.15. The van der Waals surface area contributed by atoms with E-state index in [1.807, 2.05) is 31.3 Å². The Labute approximate surface area is 121 Å². The highest BCUT2D eigenvalue weighted by Gasteiger charge is 2.14. The normalized spacial score (nSPS) is 13.9. The van der Waals surface area contributed by atoms with E-state index < -0.39 is 6.10 Å². The van der Waals surface area contributed by atoms with Crippen LogP contribution in [0.1, 0.15) is 39.3 Å². The summed E-state index contributed by atoms with van der Waals surface area (Å²) in [5.41, 5.74) is 1.19. The van der Waals surface area contributed by atoms with Gasteiger partial charge in [-0.05, 0) is 44.5 Å². The molecule has 0 spiro atoms. The summed E-state index contributed by atoms with van der Waals surface area (Å²) < 4.78 is 5.64. The number of amides is 1. The van der Waals surface area contributed by atoms with Crippen molar-refractivity contribution in [2.45, 2.75) is 39.8 Å². The lowest BCUT2D eigenvalue weighted by atomic mass is 10.1. The Morgan fingerprint density at radius 1 is 1.15 bits per heavy atom. The summed E-state index contributed by atoms with van der Waals surface area (Å²) in [4.78, 5) is 11.8. The summed E-state index contributed by atoms with van der Waals surface area (Å²) in [6.07, 6.45) is -0.485. The fraction of sp³-hybridized carbons (Fsp3) is 0.562. The van der Waals surface area contributed by atoms with Crippen LogP contribution in [0.15, 0.2) is 24.3 Å². The molecule has 0 saturated carbocycles. The van der Waals surface area contributed by atoms with Crippen LogP contribution in [0.5, 0.6) is 5.75 Å². The zero-order chi connectivity index (χ0) is 15.1. The van der Waals surface area contributed by atoms with Crippen LogP contribution in [0, 0.1) is 5.92 Å². The van der Waals surface area contributed by atoms with Gasteiger partial charge in [-0.2, -0.15) is 0 Å². The van der Waals surface area contributed by atoms with E-state index in [-0.39, 0.29) is 5.91 Å². The van der Waals surface area contributed by atoms with Gasteiger partial charge >= 0.3 is 0 Å². The van der Waals surface area contributed by atoms with Crippen molar-refractivity contribution in [3.05, 3.63) is 29.8 Å². The smallest absolute Gasteiger partial charge is 0.260 e. The predicted molar refractivity (Wildman–Crippen MR) is 81.9 cm³/mol. The highest BCUT2D eigenvalue weighted by molar-refractivity contribution is 5.80. The molecular weight excluding hydrogens is 252 g/mol. The van der Waals surface area contributed by atoms with Crippen LogP contribution in [-0.4, -0.2) is 25.6 Å². The highest BCUT2D eigenvalue weighted by atomic mass is 16.5. The van der Waals surface area contributed by atoms with E-state index in [0.717, 1.165) is 0 Å². The van der Waals surface area contributed by atoms with Crippen LogP contribution in [0.3, 0.4) is 0 Å². The first-order chi connectivity index (χ1) is 9.43. The first-order valence-corrected chi connectivity index (χ1v) is 7.15. The number of carbonyl (C=O) groups excluding carboxylic acids is 1. The molecule has 112 valence electrons. The van der Waals surface area contributed by atoms with E-state index >= 15 is 0 Å². The van der Waals surface area contributed by atoms with Gasteiger partial charge in [0.1, 0.15) is 5.75 Å². The zero-order valence-corrected chi connectivity index (χ0v) is 13.1. The summed E-state index contributed by atoms with van der Waals surface area (Å²) in [6.45, 7) is 8.66. The topological polar surface area (TPSA) is 50.4 Å². The summed E-state index contributed by atoms with van der Waals surface area (Å²) in [6, 6.07) is 8.12. The molecule has 4 heteroatoms. The van der Waals surface area contributed by atoms with Gasteiger partial charge in [0.2, 0.25) is 0 Å². The molecule has 0 aliphatic carbocycles. The lowest BCUT2D eigenvalue weighted by molar-refractivity contribution is -0.127. The average molecular weight is 278 g/mol. The number of rotatable bonds is 7. The van der Waals surface area contributed by atoms with Gasteiger partial charge in [0, 0.05) is 12.6 Å². The van der Waals surface area contributed by atoms with Crippen LogP contribution < -0.4 is 15.4 Å². The maximum absolute atomic E-state index is 11.8. The fourth-order valence-corrected chi connectivity index (χ4v) is 1.71. The standard InChI is InChI=1S/C16H26N2O2/c1-11(2)10-18-16(19)13(4)20-15-8-6-14(7-9-15)12(3)17-5/h6-9,11-13,17H,10H2,1-5H3,(H,18,19). The molecule has 0 aromatic heterocycles. The summed E-state index contributed by atoms with van der Waals surface area (Å²) in [5, 5.41) is 6.05. The number of hydrogen-bond acceptors (Lipinski definition) is 3. The lowest BCUT2D eigenvalue weighted by Crippen LogP contribution is -2.38. The SMILES string of the molecule is CNC(C)c1ccc(OC(C)C(=O)NCC(C)C)cc1. The largest absolute Gasteiger partial charge is 0.481 e. The van der Waals surface area contributed by atoms with Gasteiger partial charge in [0.25, 0.3) is 5.91 Å². The second-order valence-electron chi connectivity index (χ2n) is 5.48. The minimum absolute atomic E-state index is 0.0774. The third-order valence-corrected chi connectivity index (χ3v) is 3.18. The number of ether oxygens (including phenoxy) is 1. The number of carbonyl (C=O) groups is 1. The summed E-state index contributed by atoms with van der Waals surface area (Å²) >= 11 is 0. The molecule has 20 heavy (non-hydrogen) atoms. The van der Waals surface area contributed by atoms with Crippen molar-refractivity contribution < 1.29 is 9.53 Å². The van der Waals surface area contributed by atoms with Crippen molar-refractivity contribution in [3.63, 3.8) is 0 Å². The quantitative estimate of drug-likeness (QED) is 0.805. The van der Waals surface area contributed by atoms with Crippen LogP contribution in [-0.2, 0) is 4.79 Å². The van der Waals surface area contributed by atoms with E-state index in [0.29, 0.717) is 24.3 Å². The van der Waals surface area contributed by atoms with Gasteiger partial charge in [0.05, 0.1) is 0 Å². The van der Waals surface area contributed by atoms with Crippen molar-refractivity contribution in [2.75, 3.05) is 13.6 Å². The van der Waals surface area contributed by atoms with Crippen molar-refractivity contribution in [1.82, 2.24) is 10.6 Å². The third kappa shape index (κ3) is 5.21. The first kappa shape index (κ1) is 16.5. The van der Waals surface area contributed by atoms with E-state index in [1.54, 1.807) is 6.92 Å². The molecule has 0 aliphatic heterocycles. The van der Waals surface area contributed by atoms with Gasteiger partial charge < -0.3 is 15.4 Å². The van der Waals surface area contributed by atoms with Gasteiger partial charge in [0.15, 0.2) is 6.10 Å². The summed E-state index contributed by atoms with van der Waals surface area (Å²) in [7, 11) is 1.93. The van der Waals surface area contributed by atoms with Gasteiger partial charge in [-0.1, -0.05) is 26.0 Å². The minimum atomic E-state index is -0.485. The molecule has 0 heterocycles. The minimum Gasteiger partial charge on any atom is -0.481 e. The highest BCUT2D eigenvalue weighted by Crippen LogP contribution is 2.18. The maximum Gasteiger partial charge on any atom is 0.260 e. The average Bonchev–Trinajstić information content (AvgIpc) is 2.44. The van der Waals surface area contributed by atoms with Gasteiger partial charge in [-0.15, -0.1) is 0 Å². The van der Waals surface area contributed by atoms with E-state index in [1.165, 1.54) is 5.56 Å².